The lowest BCUT2D eigenvalue weighted by molar-refractivity contribution is 0.0857. The van der Waals surface area contributed by atoms with Gasteiger partial charge in [0.2, 0.25) is 0 Å². The molecule has 0 unspecified atom stereocenters. The molecule has 1 N–H and O–H groups in total. The highest BCUT2D eigenvalue weighted by Gasteiger charge is 2.25. The first kappa shape index (κ1) is 21.0. The summed E-state index contributed by atoms with van der Waals surface area (Å²) in [7, 11) is 0. The maximum atomic E-state index is 12.8. The van der Waals surface area contributed by atoms with Crippen LogP contribution in [0.2, 0.25) is 5.02 Å². The summed E-state index contributed by atoms with van der Waals surface area (Å²) in [6.45, 7) is 3.56. The van der Waals surface area contributed by atoms with Crippen molar-refractivity contribution in [1.82, 2.24) is 10.2 Å². The molecule has 1 fully saturated rings. The summed E-state index contributed by atoms with van der Waals surface area (Å²) < 4.78 is 10.9. The molecule has 0 radical (unpaired) electrons. The van der Waals surface area contributed by atoms with Crippen LogP contribution in [0.25, 0.3) is 0 Å². The SMILES string of the molecule is CCOC(=O)N1CCC(NC(=O)c2ccccc2OCc2ccccc2Cl)CC1. The summed E-state index contributed by atoms with van der Waals surface area (Å²) in [4.78, 5) is 26.3. The summed E-state index contributed by atoms with van der Waals surface area (Å²) in [5.74, 6) is 0.322. The predicted octanol–water partition coefficient (Wildman–Crippen LogP) is 4.27. The minimum Gasteiger partial charge on any atom is -0.488 e. The Hall–Kier alpha value is -2.73. The second-order valence-electron chi connectivity index (χ2n) is 6.81. The van der Waals surface area contributed by atoms with E-state index in [1.165, 1.54) is 0 Å². The van der Waals surface area contributed by atoms with Crippen molar-refractivity contribution in [2.45, 2.75) is 32.4 Å². The molecule has 0 aliphatic carbocycles. The van der Waals surface area contributed by atoms with E-state index in [1.807, 2.05) is 30.3 Å². The monoisotopic (exact) mass is 416 g/mol. The first-order valence-corrected chi connectivity index (χ1v) is 10.1. The molecule has 154 valence electrons. The standard InChI is InChI=1S/C22H25ClN2O4/c1-2-28-22(27)25-13-11-17(12-14-25)24-21(26)18-8-4-6-10-20(18)29-15-16-7-3-5-9-19(16)23/h3-10,17H,2,11-15H2,1H3,(H,24,26). The van der Waals surface area contributed by atoms with Gasteiger partial charge in [0.05, 0.1) is 12.2 Å². The minimum atomic E-state index is -0.296. The van der Waals surface area contributed by atoms with E-state index in [-0.39, 0.29) is 24.6 Å². The molecule has 0 bridgehead atoms. The van der Waals surface area contributed by atoms with Crippen LogP contribution in [0.15, 0.2) is 48.5 Å². The number of ether oxygens (including phenoxy) is 2. The van der Waals surface area contributed by atoms with Crippen molar-refractivity contribution in [1.29, 1.82) is 0 Å². The molecule has 2 amide bonds. The zero-order chi connectivity index (χ0) is 20.6. The predicted molar refractivity (Wildman–Crippen MR) is 111 cm³/mol. The van der Waals surface area contributed by atoms with Crippen LogP contribution in [-0.4, -0.2) is 42.6 Å². The fourth-order valence-corrected chi connectivity index (χ4v) is 3.43. The van der Waals surface area contributed by atoms with Crippen LogP contribution in [0.5, 0.6) is 5.75 Å². The van der Waals surface area contributed by atoms with E-state index in [0.29, 0.717) is 48.9 Å². The number of nitrogens with one attached hydrogen (secondary N) is 1. The number of carbonyl (C=O) groups excluding carboxylic acids is 2. The van der Waals surface area contributed by atoms with Gasteiger partial charge in [-0.05, 0) is 38.0 Å². The van der Waals surface area contributed by atoms with Gasteiger partial charge in [0.25, 0.3) is 5.91 Å². The van der Waals surface area contributed by atoms with Crippen LogP contribution in [0.4, 0.5) is 4.79 Å². The molecule has 6 nitrogen and oxygen atoms in total. The van der Waals surface area contributed by atoms with E-state index in [9.17, 15) is 9.59 Å². The van der Waals surface area contributed by atoms with E-state index in [1.54, 1.807) is 30.0 Å². The Kier molecular flexibility index (Phi) is 7.36. The summed E-state index contributed by atoms with van der Waals surface area (Å²) >= 11 is 6.18. The number of hydrogen-bond donors (Lipinski definition) is 1. The van der Waals surface area contributed by atoms with Crippen molar-refractivity contribution in [3.63, 3.8) is 0 Å². The number of para-hydroxylation sites is 1. The number of likely N-dealkylation sites (tertiary alicyclic amines) is 1. The van der Waals surface area contributed by atoms with E-state index >= 15 is 0 Å². The third kappa shape index (κ3) is 5.64. The quantitative estimate of drug-likeness (QED) is 0.763. The van der Waals surface area contributed by atoms with Gasteiger partial charge in [-0.2, -0.15) is 0 Å². The lowest BCUT2D eigenvalue weighted by Crippen LogP contribution is -2.46. The minimum absolute atomic E-state index is 0.00444. The number of rotatable bonds is 6. The lowest BCUT2D eigenvalue weighted by atomic mass is 10.0. The number of nitrogens with zero attached hydrogens (tertiary/aromatic N) is 1. The smallest absolute Gasteiger partial charge is 0.409 e. The maximum absolute atomic E-state index is 12.8. The summed E-state index contributed by atoms with van der Waals surface area (Å²) in [6.07, 6.45) is 1.08. The van der Waals surface area contributed by atoms with Gasteiger partial charge in [-0.3, -0.25) is 4.79 Å². The zero-order valence-corrected chi connectivity index (χ0v) is 17.2. The van der Waals surface area contributed by atoms with Gasteiger partial charge in [0.1, 0.15) is 12.4 Å². The van der Waals surface area contributed by atoms with Crippen molar-refractivity contribution < 1.29 is 19.1 Å². The first-order valence-electron chi connectivity index (χ1n) is 9.76. The van der Waals surface area contributed by atoms with Crippen molar-refractivity contribution in [3.05, 3.63) is 64.7 Å². The molecule has 0 aromatic heterocycles. The van der Waals surface area contributed by atoms with E-state index in [0.717, 1.165) is 5.56 Å². The number of piperidine rings is 1. The number of amides is 2. The van der Waals surface area contributed by atoms with Crippen molar-refractivity contribution in [2.75, 3.05) is 19.7 Å². The average Bonchev–Trinajstić information content (AvgIpc) is 2.74. The van der Waals surface area contributed by atoms with E-state index in [4.69, 9.17) is 21.1 Å². The molecular formula is C22H25ClN2O4. The van der Waals surface area contributed by atoms with E-state index < -0.39 is 0 Å². The summed E-state index contributed by atoms with van der Waals surface area (Å²) in [6, 6.07) is 14.6. The molecule has 0 saturated carbocycles. The molecule has 0 atom stereocenters. The highest BCUT2D eigenvalue weighted by molar-refractivity contribution is 6.31. The fraction of sp³-hybridized carbons (Fsp3) is 0.364. The zero-order valence-electron chi connectivity index (χ0n) is 16.4. The second-order valence-corrected chi connectivity index (χ2v) is 7.22. The first-order chi connectivity index (χ1) is 14.1. The van der Waals surface area contributed by atoms with Crippen LogP contribution in [0, 0.1) is 0 Å². The molecule has 1 aliphatic rings. The number of benzene rings is 2. The molecule has 1 heterocycles. The van der Waals surface area contributed by atoms with Crippen LogP contribution in [0.1, 0.15) is 35.7 Å². The van der Waals surface area contributed by atoms with Crippen molar-refractivity contribution in [3.8, 4) is 5.75 Å². The molecule has 1 aliphatic heterocycles. The van der Waals surface area contributed by atoms with Crippen molar-refractivity contribution in [2.24, 2.45) is 0 Å². The van der Waals surface area contributed by atoms with E-state index in [2.05, 4.69) is 5.32 Å². The largest absolute Gasteiger partial charge is 0.488 e. The Bertz CT molecular complexity index is 850. The Labute approximate surface area is 175 Å². The molecule has 29 heavy (non-hydrogen) atoms. The summed E-state index contributed by atoms with van der Waals surface area (Å²) in [5, 5.41) is 3.68. The third-order valence-electron chi connectivity index (χ3n) is 4.83. The number of carbonyl (C=O) groups is 2. The van der Waals surface area contributed by atoms with Gasteiger partial charge in [0, 0.05) is 29.7 Å². The van der Waals surface area contributed by atoms with Crippen LogP contribution >= 0.6 is 11.6 Å². The topological polar surface area (TPSA) is 67.9 Å². The number of halogens is 1. The van der Waals surface area contributed by atoms with Gasteiger partial charge in [0.15, 0.2) is 0 Å². The Morgan fingerprint density at radius 1 is 1.10 bits per heavy atom. The molecule has 2 aromatic carbocycles. The molecule has 1 saturated heterocycles. The van der Waals surface area contributed by atoms with Crippen molar-refractivity contribution >= 4 is 23.6 Å². The van der Waals surface area contributed by atoms with Gasteiger partial charge in [-0.1, -0.05) is 41.9 Å². The Balaban J connectivity index is 1.58. The average molecular weight is 417 g/mol. The van der Waals surface area contributed by atoms with Gasteiger partial charge >= 0.3 is 6.09 Å². The van der Waals surface area contributed by atoms with Crippen LogP contribution in [-0.2, 0) is 11.3 Å². The normalized spacial score (nSPS) is 14.3. The molecule has 7 heteroatoms. The molecule has 2 aromatic rings. The molecule has 0 spiro atoms. The van der Waals surface area contributed by atoms with Gasteiger partial charge in [-0.25, -0.2) is 4.79 Å². The maximum Gasteiger partial charge on any atom is 0.409 e. The van der Waals surface area contributed by atoms with Crippen LogP contribution in [0.3, 0.4) is 0 Å². The van der Waals surface area contributed by atoms with Gasteiger partial charge in [-0.15, -0.1) is 0 Å². The molecule has 3 rings (SSSR count). The van der Waals surface area contributed by atoms with Gasteiger partial charge < -0.3 is 19.7 Å². The second kappa shape index (κ2) is 10.2. The highest BCUT2D eigenvalue weighted by Crippen LogP contribution is 2.22. The number of hydrogen-bond acceptors (Lipinski definition) is 4. The highest BCUT2D eigenvalue weighted by atomic mass is 35.5. The molecular weight excluding hydrogens is 392 g/mol. The Morgan fingerprint density at radius 3 is 2.52 bits per heavy atom. The third-order valence-corrected chi connectivity index (χ3v) is 5.20. The van der Waals surface area contributed by atoms with Crippen LogP contribution < -0.4 is 10.1 Å². The fourth-order valence-electron chi connectivity index (χ4n) is 3.24. The lowest BCUT2D eigenvalue weighted by Gasteiger charge is -2.31. The summed E-state index contributed by atoms with van der Waals surface area (Å²) in [5.41, 5.74) is 1.34. The Morgan fingerprint density at radius 2 is 1.79 bits per heavy atom.